The fourth-order valence-electron chi connectivity index (χ4n) is 5.88. The lowest BCUT2D eigenvalue weighted by molar-refractivity contribution is 0.183. The molecule has 1 aliphatic carbocycles. The predicted molar refractivity (Wildman–Crippen MR) is 140 cm³/mol. The van der Waals surface area contributed by atoms with E-state index in [4.69, 9.17) is 4.74 Å². The molecule has 6 rings (SSSR count). The maximum atomic E-state index is 11.0. The van der Waals surface area contributed by atoms with Crippen LogP contribution >= 0.6 is 0 Å². The van der Waals surface area contributed by atoms with Crippen molar-refractivity contribution in [3.63, 3.8) is 0 Å². The van der Waals surface area contributed by atoms with Crippen molar-refractivity contribution in [2.24, 2.45) is 0 Å². The molecular weight excluding hydrogens is 434 g/mol. The molecule has 1 aliphatic heterocycles. The van der Waals surface area contributed by atoms with E-state index in [2.05, 4.69) is 47.4 Å². The molecular formula is C31H31NO3. The second-order valence-electron chi connectivity index (χ2n) is 9.82. The number of piperidine rings is 1. The second kappa shape index (κ2) is 9.27. The first-order valence-corrected chi connectivity index (χ1v) is 12.7. The van der Waals surface area contributed by atoms with E-state index >= 15 is 0 Å². The minimum absolute atomic E-state index is 0.0920. The molecule has 0 aromatic heterocycles. The van der Waals surface area contributed by atoms with Crippen LogP contribution in [0.1, 0.15) is 53.0 Å². The first-order valence-electron chi connectivity index (χ1n) is 12.7. The van der Waals surface area contributed by atoms with Gasteiger partial charge in [0.05, 0.1) is 0 Å². The smallest absolute Gasteiger partial charge is 0.120 e. The summed E-state index contributed by atoms with van der Waals surface area (Å²) < 4.78 is 6.08. The molecule has 178 valence electrons. The van der Waals surface area contributed by atoms with Crippen LogP contribution in [0.15, 0.2) is 72.8 Å². The topological polar surface area (TPSA) is 52.9 Å². The van der Waals surface area contributed by atoms with Crippen LogP contribution in [-0.4, -0.2) is 41.4 Å². The number of ether oxygens (including phenoxy) is 1. The van der Waals surface area contributed by atoms with E-state index in [9.17, 15) is 10.2 Å². The molecule has 4 aromatic rings. The summed E-state index contributed by atoms with van der Waals surface area (Å²) in [7, 11) is 0. The summed E-state index contributed by atoms with van der Waals surface area (Å²) in [6.45, 7) is 4.03. The standard InChI is InChI=1S/C31H31NO3/c33-25-11-14-27-22(20-25)7-8-24-19-23-5-4-6-28(34)30(23)31(29(24)27)21-9-12-26(13-10-21)35-18-17-32-15-2-1-3-16-32/h4-14,20,31,33-34H,1-3,15-19H2. The normalized spacial score (nSPS) is 17.7. The summed E-state index contributed by atoms with van der Waals surface area (Å²) >= 11 is 0. The quantitative estimate of drug-likeness (QED) is 0.324. The molecule has 1 unspecified atom stereocenters. The monoisotopic (exact) mass is 465 g/mol. The molecule has 0 saturated carbocycles. The van der Waals surface area contributed by atoms with Gasteiger partial charge in [-0.1, -0.05) is 48.9 Å². The summed E-state index contributed by atoms with van der Waals surface area (Å²) in [6, 6.07) is 24.0. The molecule has 1 saturated heterocycles. The number of benzene rings is 4. The van der Waals surface area contributed by atoms with Crippen molar-refractivity contribution in [1.82, 2.24) is 4.90 Å². The number of hydrogen-bond acceptors (Lipinski definition) is 4. The van der Waals surface area contributed by atoms with Crippen LogP contribution in [0.25, 0.3) is 10.8 Å². The first-order chi connectivity index (χ1) is 17.2. The number of likely N-dealkylation sites (tertiary alicyclic amines) is 1. The van der Waals surface area contributed by atoms with Gasteiger partial charge in [-0.05, 0) is 95.7 Å². The number of rotatable bonds is 5. The highest BCUT2D eigenvalue weighted by Crippen LogP contribution is 2.47. The van der Waals surface area contributed by atoms with Gasteiger partial charge in [0.1, 0.15) is 23.9 Å². The van der Waals surface area contributed by atoms with Crippen molar-refractivity contribution in [1.29, 1.82) is 0 Å². The van der Waals surface area contributed by atoms with E-state index in [0.717, 1.165) is 46.2 Å². The van der Waals surface area contributed by atoms with E-state index in [-0.39, 0.29) is 11.7 Å². The Bertz CT molecular complexity index is 1360. The maximum absolute atomic E-state index is 11.0. The Hall–Kier alpha value is -3.50. The Kier molecular flexibility index (Phi) is 5.83. The van der Waals surface area contributed by atoms with Gasteiger partial charge in [0.25, 0.3) is 0 Å². The Morgan fingerprint density at radius 3 is 2.43 bits per heavy atom. The molecule has 1 heterocycles. The summed E-state index contributed by atoms with van der Waals surface area (Å²) in [5, 5.41) is 23.1. The number of phenols is 2. The molecule has 4 nitrogen and oxygen atoms in total. The van der Waals surface area contributed by atoms with Crippen LogP contribution in [0.3, 0.4) is 0 Å². The van der Waals surface area contributed by atoms with Gasteiger partial charge >= 0.3 is 0 Å². The highest BCUT2D eigenvalue weighted by molar-refractivity contribution is 5.90. The molecule has 4 aromatic carbocycles. The van der Waals surface area contributed by atoms with Crippen molar-refractivity contribution >= 4 is 10.8 Å². The number of aromatic hydroxyl groups is 2. The fraction of sp³-hybridized carbons (Fsp3) is 0.290. The molecule has 1 fully saturated rings. The van der Waals surface area contributed by atoms with Gasteiger partial charge < -0.3 is 14.9 Å². The lowest BCUT2D eigenvalue weighted by atomic mass is 9.73. The molecule has 2 N–H and O–H groups in total. The SMILES string of the molecule is Oc1ccc2c3c(ccc2c1)Cc1cccc(O)c1C3c1ccc(OCCN2CCCCC2)cc1. The molecule has 0 bridgehead atoms. The summed E-state index contributed by atoms with van der Waals surface area (Å²) in [4.78, 5) is 2.49. The van der Waals surface area contributed by atoms with Gasteiger partial charge in [-0.25, -0.2) is 0 Å². The van der Waals surface area contributed by atoms with Crippen LogP contribution in [0, 0.1) is 0 Å². The number of fused-ring (bicyclic) bond motifs is 4. The Balaban J connectivity index is 1.35. The Morgan fingerprint density at radius 2 is 1.60 bits per heavy atom. The Morgan fingerprint density at radius 1 is 0.800 bits per heavy atom. The summed E-state index contributed by atoms with van der Waals surface area (Å²) in [5.41, 5.74) is 5.71. The van der Waals surface area contributed by atoms with Gasteiger partial charge in [0.15, 0.2) is 0 Å². The summed E-state index contributed by atoms with van der Waals surface area (Å²) in [5.74, 6) is 1.38. The Labute approximate surface area is 206 Å². The molecule has 0 spiro atoms. The van der Waals surface area contributed by atoms with Gasteiger partial charge in [0.2, 0.25) is 0 Å². The maximum Gasteiger partial charge on any atom is 0.120 e. The molecule has 0 amide bonds. The van der Waals surface area contributed by atoms with Gasteiger partial charge in [-0.2, -0.15) is 0 Å². The third-order valence-corrected chi connectivity index (χ3v) is 7.61. The van der Waals surface area contributed by atoms with E-state index in [1.807, 2.05) is 18.2 Å². The molecule has 35 heavy (non-hydrogen) atoms. The third kappa shape index (κ3) is 4.23. The van der Waals surface area contributed by atoms with Crippen molar-refractivity contribution in [2.45, 2.75) is 31.6 Å². The number of nitrogens with zero attached hydrogens (tertiary/aromatic N) is 1. The molecule has 1 atom stereocenters. The summed E-state index contributed by atoms with van der Waals surface area (Å²) in [6.07, 6.45) is 4.71. The van der Waals surface area contributed by atoms with Crippen molar-refractivity contribution < 1.29 is 14.9 Å². The lowest BCUT2D eigenvalue weighted by Gasteiger charge is -2.31. The van der Waals surface area contributed by atoms with Crippen LogP contribution in [0.5, 0.6) is 17.2 Å². The van der Waals surface area contributed by atoms with Crippen LogP contribution in [-0.2, 0) is 6.42 Å². The van der Waals surface area contributed by atoms with Gasteiger partial charge in [-0.3, -0.25) is 4.90 Å². The van der Waals surface area contributed by atoms with Crippen molar-refractivity contribution in [3.05, 3.63) is 101 Å². The largest absolute Gasteiger partial charge is 0.508 e. The van der Waals surface area contributed by atoms with Crippen LogP contribution in [0.4, 0.5) is 0 Å². The zero-order valence-electron chi connectivity index (χ0n) is 19.9. The van der Waals surface area contributed by atoms with Gasteiger partial charge in [0, 0.05) is 18.0 Å². The van der Waals surface area contributed by atoms with E-state index in [1.54, 1.807) is 12.1 Å². The molecule has 4 heteroatoms. The third-order valence-electron chi connectivity index (χ3n) is 7.61. The lowest BCUT2D eigenvalue weighted by Crippen LogP contribution is -2.33. The minimum Gasteiger partial charge on any atom is -0.508 e. The van der Waals surface area contributed by atoms with Crippen LogP contribution in [0.2, 0.25) is 0 Å². The zero-order chi connectivity index (χ0) is 23.8. The van der Waals surface area contributed by atoms with Crippen molar-refractivity contribution in [2.75, 3.05) is 26.2 Å². The van der Waals surface area contributed by atoms with E-state index < -0.39 is 0 Å². The van der Waals surface area contributed by atoms with E-state index in [1.165, 1.54) is 43.5 Å². The van der Waals surface area contributed by atoms with Crippen molar-refractivity contribution in [3.8, 4) is 17.2 Å². The average molecular weight is 466 g/mol. The predicted octanol–water partition coefficient (Wildman–Crippen LogP) is 6.20. The average Bonchev–Trinajstić information content (AvgIpc) is 2.88. The number of phenolic OH excluding ortho intramolecular Hbond substituents is 2. The second-order valence-corrected chi connectivity index (χ2v) is 9.82. The van der Waals surface area contributed by atoms with Crippen LogP contribution < -0.4 is 4.74 Å². The zero-order valence-corrected chi connectivity index (χ0v) is 19.9. The highest BCUT2D eigenvalue weighted by atomic mass is 16.5. The minimum atomic E-state index is -0.0920. The highest BCUT2D eigenvalue weighted by Gasteiger charge is 2.31. The van der Waals surface area contributed by atoms with Gasteiger partial charge in [-0.15, -0.1) is 0 Å². The molecule has 0 radical (unpaired) electrons. The first kappa shape index (κ1) is 22.0. The number of hydrogen-bond donors (Lipinski definition) is 2. The van der Waals surface area contributed by atoms with E-state index in [0.29, 0.717) is 12.4 Å². The molecule has 2 aliphatic rings. The fourth-order valence-corrected chi connectivity index (χ4v) is 5.88.